The summed E-state index contributed by atoms with van der Waals surface area (Å²) in [6, 6.07) is 0. The minimum atomic E-state index is 0.213. The Kier molecular flexibility index (Phi) is 15.9. The van der Waals surface area contributed by atoms with E-state index in [9.17, 15) is 4.79 Å². The van der Waals surface area contributed by atoms with Gasteiger partial charge in [0.2, 0.25) is 5.91 Å². The maximum Gasteiger partial charge on any atom is 0.223 e. The summed E-state index contributed by atoms with van der Waals surface area (Å²) in [5.41, 5.74) is 5.34. The summed E-state index contributed by atoms with van der Waals surface area (Å²) in [5.74, 6) is 1.32. The smallest absolute Gasteiger partial charge is 0.223 e. The molecule has 0 heterocycles. The van der Waals surface area contributed by atoms with Crippen molar-refractivity contribution < 1.29 is 4.79 Å². The molecule has 3 heteroatoms. The van der Waals surface area contributed by atoms with Crippen molar-refractivity contribution in [2.75, 3.05) is 13.1 Å². The zero-order valence-corrected chi connectivity index (χ0v) is 13.1. The Hall–Kier alpha value is -0.570. The van der Waals surface area contributed by atoms with Crippen LogP contribution in [-0.2, 0) is 4.79 Å². The molecule has 0 spiro atoms. The number of nitrogens with two attached hydrogens (primary N) is 1. The molecule has 0 saturated heterocycles. The van der Waals surface area contributed by atoms with Gasteiger partial charge in [0.1, 0.15) is 0 Å². The number of nitrogens with one attached hydrogen (secondary N) is 1. The predicted molar refractivity (Wildman–Crippen MR) is 80.5 cm³/mol. The highest BCUT2D eigenvalue weighted by Gasteiger charge is 2.24. The van der Waals surface area contributed by atoms with Gasteiger partial charge >= 0.3 is 0 Å². The minimum absolute atomic E-state index is 0.213. The molecule has 3 N–H and O–H groups in total. The number of amides is 1. The second kappa shape index (κ2) is 14.5. The molecule has 0 aliphatic heterocycles. The van der Waals surface area contributed by atoms with Crippen molar-refractivity contribution in [1.82, 2.24) is 5.32 Å². The maximum atomic E-state index is 11.6. The number of rotatable bonds is 4. The molecule has 1 amide bonds. The lowest BCUT2D eigenvalue weighted by Gasteiger charge is -2.26. The largest absolute Gasteiger partial charge is 0.355 e. The fourth-order valence-electron chi connectivity index (χ4n) is 2.17. The van der Waals surface area contributed by atoms with E-state index < -0.39 is 0 Å². The van der Waals surface area contributed by atoms with Gasteiger partial charge in [-0.2, -0.15) is 0 Å². The molecule has 1 saturated carbocycles. The van der Waals surface area contributed by atoms with Crippen LogP contribution in [0, 0.1) is 11.8 Å². The van der Waals surface area contributed by atoms with Gasteiger partial charge in [0.25, 0.3) is 0 Å². The summed E-state index contributed by atoms with van der Waals surface area (Å²) in [5, 5.41) is 2.87. The van der Waals surface area contributed by atoms with Gasteiger partial charge in [-0.1, -0.05) is 41.0 Å². The molecular formula is C15H34N2O. The molecule has 18 heavy (non-hydrogen) atoms. The highest BCUT2D eigenvalue weighted by molar-refractivity contribution is 5.78. The van der Waals surface area contributed by atoms with Crippen molar-refractivity contribution in [2.24, 2.45) is 17.6 Å². The Morgan fingerprint density at radius 2 is 1.61 bits per heavy atom. The molecule has 1 aliphatic carbocycles. The summed E-state index contributed by atoms with van der Waals surface area (Å²) in [4.78, 5) is 11.6. The van der Waals surface area contributed by atoms with Crippen LogP contribution < -0.4 is 11.1 Å². The van der Waals surface area contributed by atoms with Crippen molar-refractivity contribution in [3.05, 3.63) is 0 Å². The summed E-state index contributed by atoms with van der Waals surface area (Å²) in [6.07, 6.45) is 5.83. The van der Waals surface area contributed by atoms with E-state index in [0.717, 1.165) is 18.8 Å². The second-order valence-electron chi connectivity index (χ2n) is 4.21. The average Bonchev–Trinajstić information content (AvgIpc) is 2.49. The van der Waals surface area contributed by atoms with Crippen LogP contribution in [-0.4, -0.2) is 19.0 Å². The Balaban J connectivity index is 0. The molecule has 1 aliphatic rings. The normalized spacial score (nSPS) is 21.9. The average molecular weight is 258 g/mol. The van der Waals surface area contributed by atoms with Gasteiger partial charge in [-0.15, -0.1) is 0 Å². The molecule has 0 atom stereocenters. The van der Waals surface area contributed by atoms with E-state index in [2.05, 4.69) is 12.2 Å². The Morgan fingerprint density at radius 1 is 1.11 bits per heavy atom. The fraction of sp³-hybridized carbons (Fsp3) is 0.933. The van der Waals surface area contributed by atoms with E-state index in [4.69, 9.17) is 5.73 Å². The van der Waals surface area contributed by atoms with Gasteiger partial charge in [-0.3, -0.25) is 4.79 Å². The first kappa shape index (κ1) is 19.8. The molecule has 1 rings (SSSR count). The number of hydrogen-bond donors (Lipinski definition) is 2. The van der Waals surface area contributed by atoms with Crippen molar-refractivity contribution in [1.29, 1.82) is 0 Å². The molecule has 0 radical (unpaired) electrons. The Bertz CT molecular complexity index is 175. The van der Waals surface area contributed by atoms with Gasteiger partial charge in [0, 0.05) is 19.0 Å². The SMILES string of the molecule is CC.CC.CCC1CCC(C(=O)NCCN)CC1. The van der Waals surface area contributed by atoms with E-state index in [1.165, 1.54) is 19.3 Å². The van der Waals surface area contributed by atoms with Crippen LogP contribution in [0.3, 0.4) is 0 Å². The third kappa shape index (κ3) is 8.51. The Labute approximate surface area is 114 Å². The fourth-order valence-corrected chi connectivity index (χ4v) is 2.17. The van der Waals surface area contributed by atoms with Gasteiger partial charge in [-0.05, 0) is 31.6 Å². The lowest BCUT2D eigenvalue weighted by Crippen LogP contribution is -2.36. The van der Waals surface area contributed by atoms with E-state index >= 15 is 0 Å². The summed E-state index contributed by atoms with van der Waals surface area (Å²) >= 11 is 0. The zero-order chi connectivity index (χ0) is 14.4. The topological polar surface area (TPSA) is 55.1 Å². The van der Waals surface area contributed by atoms with Crippen LogP contribution in [0.25, 0.3) is 0 Å². The zero-order valence-electron chi connectivity index (χ0n) is 13.1. The quantitative estimate of drug-likeness (QED) is 0.812. The molecule has 0 aromatic heterocycles. The summed E-state index contributed by atoms with van der Waals surface area (Å²) in [6.45, 7) is 11.4. The van der Waals surface area contributed by atoms with Crippen molar-refractivity contribution in [2.45, 2.75) is 66.7 Å². The van der Waals surface area contributed by atoms with Gasteiger partial charge in [0.05, 0.1) is 0 Å². The van der Waals surface area contributed by atoms with Crippen LogP contribution in [0.5, 0.6) is 0 Å². The maximum absolute atomic E-state index is 11.6. The van der Waals surface area contributed by atoms with Gasteiger partial charge < -0.3 is 11.1 Å². The molecule has 0 unspecified atom stereocenters. The highest BCUT2D eigenvalue weighted by atomic mass is 16.1. The molecule has 1 fully saturated rings. The molecule has 0 aromatic carbocycles. The lowest BCUT2D eigenvalue weighted by molar-refractivity contribution is -0.126. The molecule has 3 nitrogen and oxygen atoms in total. The molecule has 0 aromatic rings. The number of carbonyl (C=O) groups excluding carboxylic acids is 1. The van der Waals surface area contributed by atoms with Crippen LogP contribution in [0.15, 0.2) is 0 Å². The predicted octanol–water partition coefficient (Wildman–Crippen LogP) is 3.33. The number of hydrogen-bond acceptors (Lipinski definition) is 2. The third-order valence-corrected chi connectivity index (χ3v) is 3.24. The van der Waals surface area contributed by atoms with Crippen LogP contribution >= 0.6 is 0 Å². The third-order valence-electron chi connectivity index (χ3n) is 3.24. The van der Waals surface area contributed by atoms with Crippen molar-refractivity contribution >= 4 is 5.91 Å². The van der Waals surface area contributed by atoms with Gasteiger partial charge in [-0.25, -0.2) is 0 Å². The first-order chi connectivity index (χ1) is 8.77. The standard InChI is InChI=1S/C11H22N2O.2C2H6/c1-2-9-3-5-10(6-4-9)11(14)13-8-7-12;2*1-2/h9-10H,2-8,12H2,1H3,(H,13,14);2*1-2H3. The van der Waals surface area contributed by atoms with E-state index in [0.29, 0.717) is 13.1 Å². The molecule has 110 valence electrons. The monoisotopic (exact) mass is 258 g/mol. The van der Waals surface area contributed by atoms with E-state index in [1.807, 2.05) is 27.7 Å². The molecular weight excluding hydrogens is 224 g/mol. The number of carbonyl (C=O) groups is 1. The highest BCUT2D eigenvalue weighted by Crippen LogP contribution is 2.30. The van der Waals surface area contributed by atoms with Crippen LogP contribution in [0.4, 0.5) is 0 Å². The second-order valence-corrected chi connectivity index (χ2v) is 4.21. The first-order valence-electron chi connectivity index (χ1n) is 7.75. The molecule has 0 bridgehead atoms. The van der Waals surface area contributed by atoms with Crippen molar-refractivity contribution in [3.8, 4) is 0 Å². The van der Waals surface area contributed by atoms with Gasteiger partial charge in [0.15, 0.2) is 0 Å². The summed E-state index contributed by atoms with van der Waals surface area (Å²) in [7, 11) is 0. The minimum Gasteiger partial charge on any atom is -0.355 e. The van der Waals surface area contributed by atoms with Crippen LogP contribution in [0.1, 0.15) is 66.7 Å². The van der Waals surface area contributed by atoms with E-state index in [1.54, 1.807) is 0 Å². The summed E-state index contributed by atoms with van der Waals surface area (Å²) < 4.78 is 0. The Morgan fingerprint density at radius 3 is 2.00 bits per heavy atom. The lowest BCUT2D eigenvalue weighted by atomic mass is 9.80. The van der Waals surface area contributed by atoms with Crippen molar-refractivity contribution in [3.63, 3.8) is 0 Å². The first-order valence-corrected chi connectivity index (χ1v) is 7.75. The van der Waals surface area contributed by atoms with E-state index in [-0.39, 0.29) is 11.8 Å². The van der Waals surface area contributed by atoms with Crippen LogP contribution in [0.2, 0.25) is 0 Å².